The third-order valence-electron chi connectivity index (χ3n) is 5.87. The number of aryl methyl sites for hydroxylation is 1. The van der Waals surface area contributed by atoms with Crippen LogP contribution in [0, 0.1) is 11.3 Å². The van der Waals surface area contributed by atoms with E-state index in [-0.39, 0.29) is 5.54 Å². The normalized spacial score (nSPS) is 15.9. The van der Waals surface area contributed by atoms with Crippen molar-refractivity contribution >= 4 is 11.3 Å². The Bertz CT molecular complexity index is 1280. The van der Waals surface area contributed by atoms with E-state index in [1.165, 1.54) is 0 Å². The minimum atomic E-state index is -0.103. The fraction of sp³-hybridized carbons (Fsp3) is 0.318. The van der Waals surface area contributed by atoms with Gasteiger partial charge in [-0.05, 0) is 31.9 Å². The fourth-order valence-electron chi connectivity index (χ4n) is 3.95. The summed E-state index contributed by atoms with van der Waals surface area (Å²) in [5.41, 5.74) is 10.4. The lowest BCUT2D eigenvalue weighted by Crippen LogP contribution is -2.48. The van der Waals surface area contributed by atoms with Crippen molar-refractivity contribution in [3.05, 3.63) is 48.7 Å². The topological polar surface area (TPSA) is 114 Å². The lowest BCUT2D eigenvalue weighted by Gasteiger charge is -2.37. The van der Waals surface area contributed by atoms with Crippen LogP contribution in [0.15, 0.2) is 43.1 Å². The maximum Gasteiger partial charge on any atom is 0.128 e. The highest BCUT2D eigenvalue weighted by molar-refractivity contribution is 5.83. The van der Waals surface area contributed by atoms with Gasteiger partial charge in [-0.15, -0.1) is 0 Å². The first kappa shape index (κ1) is 19.2. The Kier molecular flexibility index (Phi) is 4.45. The molecule has 0 amide bonds. The van der Waals surface area contributed by atoms with Gasteiger partial charge in [0.05, 0.1) is 30.0 Å². The number of pyridine rings is 1. The number of hydrogen-bond donors (Lipinski definition) is 1. The van der Waals surface area contributed by atoms with E-state index >= 15 is 0 Å². The zero-order valence-corrected chi connectivity index (χ0v) is 17.5. The molecule has 1 fully saturated rings. The molecule has 5 rings (SSSR count). The van der Waals surface area contributed by atoms with Crippen LogP contribution >= 0.6 is 0 Å². The number of anilines is 1. The fourth-order valence-corrected chi connectivity index (χ4v) is 3.95. The van der Waals surface area contributed by atoms with Crippen LogP contribution in [-0.4, -0.2) is 48.0 Å². The first-order valence-corrected chi connectivity index (χ1v) is 10.2. The van der Waals surface area contributed by atoms with E-state index in [1.807, 2.05) is 37.8 Å². The van der Waals surface area contributed by atoms with Gasteiger partial charge in [0.2, 0.25) is 0 Å². The second-order valence-electron chi connectivity index (χ2n) is 8.39. The van der Waals surface area contributed by atoms with Crippen LogP contribution < -0.4 is 10.6 Å². The Balaban J connectivity index is 1.56. The molecule has 9 heteroatoms. The molecule has 9 nitrogen and oxygen atoms in total. The van der Waals surface area contributed by atoms with E-state index in [0.29, 0.717) is 16.8 Å². The van der Waals surface area contributed by atoms with Crippen molar-refractivity contribution in [1.29, 1.82) is 5.26 Å². The molecule has 4 aromatic heterocycles. The number of rotatable bonds is 3. The molecule has 0 spiro atoms. The molecule has 2 N–H and O–H groups in total. The highest BCUT2D eigenvalue weighted by Gasteiger charge is 2.26. The van der Waals surface area contributed by atoms with Crippen molar-refractivity contribution in [2.24, 2.45) is 12.8 Å². The summed E-state index contributed by atoms with van der Waals surface area (Å²) in [5, 5.41) is 18.2. The van der Waals surface area contributed by atoms with E-state index in [4.69, 9.17) is 15.7 Å². The van der Waals surface area contributed by atoms with Gasteiger partial charge in [-0.2, -0.15) is 15.5 Å². The van der Waals surface area contributed by atoms with Crippen LogP contribution in [-0.2, 0) is 7.05 Å². The average Bonchev–Trinajstić information content (AvgIpc) is 3.39. The van der Waals surface area contributed by atoms with Crippen LogP contribution in [0.4, 0.5) is 5.82 Å². The number of nitriles is 1. The third kappa shape index (κ3) is 3.51. The van der Waals surface area contributed by atoms with Gasteiger partial charge >= 0.3 is 0 Å². The monoisotopic (exact) mass is 413 g/mol. The molecule has 31 heavy (non-hydrogen) atoms. The van der Waals surface area contributed by atoms with E-state index in [2.05, 4.69) is 28.1 Å². The number of fused-ring (bicyclic) bond motifs is 1. The van der Waals surface area contributed by atoms with Gasteiger partial charge in [0, 0.05) is 49.2 Å². The smallest absolute Gasteiger partial charge is 0.128 e. The molecule has 0 saturated carbocycles. The van der Waals surface area contributed by atoms with Gasteiger partial charge in [-0.3, -0.25) is 4.68 Å². The SMILES string of the molecule is Cn1cc(-c2cn3ncc(C#N)c3c(-c3ccc(N4CCC(C)(N)CC4)nc3)n2)cn1. The van der Waals surface area contributed by atoms with E-state index < -0.39 is 0 Å². The van der Waals surface area contributed by atoms with Crippen molar-refractivity contribution in [1.82, 2.24) is 29.4 Å². The zero-order chi connectivity index (χ0) is 21.6. The molecule has 0 radical (unpaired) electrons. The lowest BCUT2D eigenvalue weighted by molar-refractivity contribution is 0.363. The summed E-state index contributed by atoms with van der Waals surface area (Å²) in [4.78, 5) is 11.8. The first-order chi connectivity index (χ1) is 14.9. The van der Waals surface area contributed by atoms with Gasteiger partial charge in [0.25, 0.3) is 0 Å². The predicted molar refractivity (Wildman–Crippen MR) is 117 cm³/mol. The summed E-state index contributed by atoms with van der Waals surface area (Å²) < 4.78 is 3.43. The molecule has 0 aliphatic carbocycles. The van der Waals surface area contributed by atoms with Crippen molar-refractivity contribution in [2.45, 2.75) is 25.3 Å². The highest BCUT2D eigenvalue weighted by atomic mass is 15.2. The maximum absolute atomic E-state index is 9.57. The molecule has 0 atom stereocenters. The Morgan fingerprint density at radius 2 is 1.87 bits per heavy atom. The van der Waals surface area contributed by atoms with Crippen LogP contribution in [0.2, 0.25) is 0 Å². The molecule has 0 unspecified atom stereocenters. The average molecular weight is 413 g/mol. The van der Waals surface area contributed by atoms with Gasteiger partial charge in [-0.25, -0.2) is 14.5 Å². The summed E-state index contributed by atoms with van der Waals surface area (Å²) >= 11 is 0. The van der Waals surface area contributed by atoms with E-state index in [1.54, 1.807) is 21.6 Å². The number of nitrogens with zero attached hydrogens (tertiary/aromatic N) is 8. The summed E-state index contributed by atoms with van der Waals surface area (Å²) in [6.07, 6.45) is 10.7. The molecule has 156 valence electrons. The van der Waals surface area contributed by atoms with Gasteiger partial charge in [0.1, 0.15) is 23.0 Å². The quantitative estimate of drug-likeness (QED) is 0.548. The zero-order valence-electron chi connectivity index (χ0n) is 17.5. The molecule has 1 aliphatic rings. The molecule has 0 bridgehead atoms. The van der Waals surface area contributed by atoms with E-state index in [9.17, 15) is 5.26 Å². The van der Waals surface area contributed by atoms with E-state index in [0.717, 1.165) is 48.6 Å². The van der Waals surface area contributed by atoms with Crippen LogP contribution in [0.3, 0.4) is 0 Å². The summed E-state index contributed by atoms with van der Waals surface area (Å²) in [5.74, 6) is 0.924. The number of nitrogens with two attached hydrogens (primary N) is 1. The second-order valence-corrected chi connectivity index (χ2v) is 8.39. The summed E-state index contributed by atoms with van der Waals surface area (Å²) in [7, 11) is 1.86. The first-order valence-electron chi connectivity index (χ1n) is 10.2. The molecule has 5 heterocycles. The minimum absolute atomic E-state index is 0.103. The summed E-state index contributed by atoms with van der Waals surface area (Å²) in [6, 6.07) is 6.22. The highest BCUT2D eigenvalue weighted by Crippen LogP contribution is 2.30. The number of aromatic nitrogens is 6. The second kappa shape index (κ2) is 7.18. The van der Waals surface area contributed by atoms with Crippen molar-refractivity contribution < 1.29 is 0 Å². The number of hydrogen-bond acceptors (Lipinski definition) is 7. The molecule has 0 aromatic carbocycles. The Morgan fingerprint density at radius 3 is 2.52 bits per heavy atom. The number of piperidine rings is 1. The van der Waals surface area contributed by atoms with Crippen molar-refractivity contribution in [3.8, 4) is 28.6 Å². The van der Waals surface area contributed by atoms with Crippen LogP contribution in [0.25, 0.3) is 28.0 Å². The standard InChI is InChI=1S/C22H23N9/c1-22(24)5-7-30(8-6-22)19-4-3-15(10-25-19)20-21-16(9-23)11-27-31(21)14-18(28-20)17-12-26-29(2)13-17/h3-4,10-14H,5-8,24H2,1-2H3. The van der Waals surface area contributed by atoms with Crippen LogP contribution in [0.1, 0.15) is 25.3 Å². The largest absolute Gasteiger partial charge is 0.356 e. The predicted octanol–water partition coefficient (Wildman–Crippen LogP) is 2.38. The van der Waals surface area contributed by atoms with Gasteiger partial charge in [0.15, 0.2) is 0 Å². The Morgan fingerprint density at radius 1 is 1.06 bits per heavy atom. The third-order valence-corrected chi connectivity index (χ3v) is 5.87. The summed E-state index contributed by atoms with van der Waals surface area (Å²) in [6.45, 7) is 3.88. The molecule has 1 aliphatic heterocycles. The molecule has 4 aromatic rings. The lowest BCUT2D eigenvalue weighted by atomic mass is 9.91. The van der Waals surface area contributed by atoms with Gasteiger partial charge < -0.3 is 10.6 Å². The van der Waals surface area contributed by atoms with Gasteiger partial charge in [-0.1, -0.05) is 0 Å². The minimum Gasteiger partial charge on any atom is -0.356 e. The Labute approximate surface area is 179 Å². The maximum atomic E-state index is 9.57. The molecular weight excluding hydrogens is 390 g/mol. The Hall–Kier alpha value is -3.77. The molecular formula is C22H23N9. The molecule has 1 saturated heterocycles. The van der Waals surface area contributed by atoms with Crippen molar-refractivity contribution in [3.63, 3.8) is 0 Å². The van der Waals surface area contributed by atoms with Crippen LogP contribution in [0.5, 0.6) is 0 Å². The van der Waals surface area contributed by atoms with Crippen molar-refractivity contribution in [2.75, 3.05) is 18.0 Å².